The van der Waals surface area contributed by atoms with Gasteiger partial charge in [0.2, 0.25) is 0 Å². The number of ether oxygens (including phenoxy) is 3. The lowest BCUT2D eigenvalue weighted by Gasteiger charge is -2.18. The lowest BCUT2D eigenvalue weighted by atomic mass is 10.0. The zero-order valence-corrected chi connectivity index (χ0v) is 42.3. The van der Waals surface area contributed by atoms with Gasteiger partial charge in [-0.1, -0.05) is 278 Å². The predicted molar refractivity (Wildman–Crippen MR) is 266 cm³/mol. The van der Waals surface area contributed by atoms with Crippen molar-refractivity contribution in [3.05, 3.63) is 0 Å². The Hall–Kier alpha value is -1.59. The van der Waals surface area contributed by atoms with Crippen LogP contribution < -0.4 is 0 Å². The normalized spacial score (nSPS) is 12.0. The van der Waals surface area contributed by atoms with Crippen LogP contribution in [-0.2, 0) is 28.6 Å². The fourth-order valence-electron chi connectivity index (χ4n) is 8.57. The molecule has 0 saturated carbocycles. The van der Waals surface area contributed by atoms with E-state index in [4.69, 9.17) is 14.2 Å². The van der Waals surface area contributed by atoms with E-state index in [2.05, 4.69) is 27.7 Å². The summed E-state index contributed by atoms with van der Waals surface area (Å²) in [6.45, 7) is 8.98. The summed E-state index contributed by atoms with van der Waals surface area (Å²) in [5.41, 5.74) is 0. The SMILES string of the molecule is CCCCCCCCCCCCCCCCCCCCC(=O)OC[C@H](COC(=O)CCCCCCCCCCCCCCCCCCC)OC(=O)CCCCCCCCC(C)C. The molecule has 368 valence electrons. The molecule has 0 radical (unpaired) electrons. The van der Waals surface area contributed by atoms with Gasteiger partial charge in [0.25, 0.3) is 0 Å². The van der Waals surface area contributed by atoms with E-state index in [1.165, 1.54) is 212 Å². The van der Waals surface area contributed by atoms with Crippen LogP contribution in [0.1, 0.15) is 317 Å². The van der Waals surface area contributed by atoms with Gasteiger partial charge in [-0.15, -0.1) is 0 Å². The van der Waals surface area contributed by atoms with E-state index in [0.717, 1.165) is 63.7 Å². The number of carbonyl (C=O) groups excluding carboxylic acids is 3. The molecule has 0 aliphatic heterocycles. The first-order valence-electron chi connectivity index (χ1n) is 27.9. The maximum absolute atomic E-state index is 12.7. The van der Waals surface area contributed by atoms with Crippen LogP contribution in [-0.4, -0.2) is 37.2 Å². The van der Waals surface area contributed by atoms with Crippen LogP contribution in [0.4, 0.5) is 0 Å². The van der Waals surface area contributed by atoms with Crippen molar-refractivity contribution in [2.45, 2.75) is 323 Å². The Balaban J connectivity index is 4.19. The topological polar surface area (TPSA) is 78.9 Å². The van der Waals surface area contributed by atoms with Crippen molar-refractivity contribution in [1.29, 1.82) is 0 Å². The average Bonchev–Trinajstić information content (AvgIpc) is 3.26. The second kappa shape index (κ2) is 50.4. The zero-order chi connectivity index (χ0) is 45.2. The van der Waals surface area contributed by atoms with Gasteiger partial charge in [0.05, 0.1) is 0 Å². The minimum atomic E-state index is -0.762. The highest BCUT2D eigenvalue weighted by atomic mass is 16.6. The lowest BCUT2D eigenvalue weighted by Crippen LogP contribution is -2.30. The van der Waals surface area contributed by atoms with Gasteiger partial charge in [-0.05, 0) is 25.2 Å². The van der Waals surface area contributed by atoms with E-state index in [-0.39, 0.29) is 31.1 Å². The van der Waals surface area contributed by atoms with Crippen molar-refractivity contribution < 1.29 is 28.6 Å². The Morgan fingerprint density at radius 1 is 0.306 bits per heavy atom. The third kappa shape index (κ3) is 49.4. The van der Waals surface area contributed by atoms with Gasteiger partial charge < -0.3 is 14.2 Å². The number of unbranched alkanes of at least 4 members (excludes halogenated alkanes) is 38. The fourth-order valence-corrected chi connectivity index (χ4v) is 8.57. The molecule has 0 aromatic carbocycles. The van der Waals surface area contributed by atoms with Crippen molar-refractivity contribution in [1.82, 2.24) is 0 Å². The third-order valence-electron chi connectivity index (χ3n) is 12.8. The molecule has 0 aromatic heterocycles. The van der Waals surface area contributed by atoms with Crippen molar-refractivity contribution in [2.24, 2.45) is 5.92 Å². The van der Waals surface area contributed by atoms with Crippen LogP contribution in [0.5, 0.6) is 0 Å². The minimum Gasteiger partial charge on any atom is -0.462 e. The van der Waals surface area contributed by atoms with Crippen molar-refractivity contribution in [3.8, 4) is 0 Å². The Bertz CT molecular complexity index is 933. The number of hydrogen-bond donors (Lipinski definition) is 0. The maximum atomic E-state index is 12.7. The van der Waals surface area contributed by atoms with Gasteiger partial charge in [0.1, 0.15) is 13.2 Å². The molecule has 0 saturated heterocycles. The molecule has 0 heterocycles. The van der Waals surface area contributed by atoms with Gasteiger partial charge >= 0.3 is 17.9 Å². The van der Waals surface area contributed by atoms with Crippen LogP contribution in [0.15, 0.2) is 0 Å². The summed E-state index contributed by atoms with van der Waals surface area (Å²) < 4.78 is 16.8. The van der Waals surface area contributed by atoms with E-state index in [9.17, 15) is 14.4 Å². The first-order valence-corrected chi connectivity index (χ1v) is 27.9. The van der Waals surface area contributed by atoms with Gasteiger partial charge in [0.15, 0.2) is 6.10 Å². The molecule has 0 bridgehead atoms. The maximum Gasteiger partial charge on any atom is 0.306 e. The molecule has 1 atom stereocenters. The molecule has 0 amide bonds. The molecule has 6 nitrogen and oxygen atoms in total. The summed E-state index contributed by atoms with van der Waals surface area (Å²) in [6, 6.07) is 0. The quantitative estimate of drug-likeness (QED) is 0.0344. The average molecular weight is 877 g/mol. The van der Waals surface area contributed by atoms with Crippen LogP contribution in [0.3, 0.4) is 0 Å². The van der Waals surface area contributed by atoms with Crippen molar-refractivity contribution >= 4 is 17.9 Å². The number of carbonyl (C=O) groups is 3. The number of rotatable bonds is 51. The molecular weight excluding hydrogens is 769 g/mol. The monoisotopic (exact) mass is 877 g/mol. The van der Waals surface area contributed by atoms with E-state index < -0.39 is 6.10 Å². The Labute approximate surface area is 387 Å². The number of esters is 3. The lowest BCUT2D eigenvalue weighted by molar-refractivity contribution is -0.167. The van der Waals surface area contributed by atoms with Gasteiger partial charge in [-0.25, -0.2) is 0 Å². The summed E-state index contributed by atoms with van der Waals surface area (Å²) >= 11 is 0. The highest BCUT2D eigenvalue weighted by Gasteiger charge is 2.19. The molecule has 0 unspecified atom stereocenters. The molecule has 0 aliphatic rings. The summed E-state index contributed by atoms with van der Waals surface area (Å²) in [4.78, 5) is 38.0. The molecule has 0 spiro atoms. The molecule has 0 fully saturated rings. The molecule has 0 aromatic rings. The van der Waals surface area contributed by atoms with Crippen molar-refractivity contribution in [3.63, 3.8) is 0 Å². The first kappa shape index (κ1) is 60.4. The van der Waals surface area contributed by atoms with Crippen LogP contribution >= 0.6 is 0 Å². The summed E-state index contributed by atoms with van der Waals surface area (Å²) in [7, 11) is 0. The largest absolute Gasteiger partial charge is 0.462 e. The van der Waals surface area contributed by atoms with E-state index in [1.54, 1.807) is 0 Å². The van der Waals surface area contributed by atoms with Crippen molar-refractivity contribution in [2.75, 3.05) is 13.2 Å². The van der Waals surface area contributed by atoms with Gasteiger partial charge in [0, 0.05) is 19.3 Å². The molecule has 0 aliphatic carbocycles. The highest BCUT2D eigenvalue weighted by molar-refractivity contribution is 5.71. The molecule has 62 heavy (non-hydrogen) atoms. The highest BCUT2D eigenvalue weighted by Crippen LogP contribution is 2.18. The summed E-state index contributed by atoms with van der Waals surface area (Å²) in [5.74, 6) is -0.0866. The standard InChI is InChI=1S/C56H108O6/c1-5-7-9-11-13-15-17-19-21-23-25-27-29-31-33-35-40-44-48-55(58)61-51-53(62-56(59)49-45-41-37-36-38-42-46-52(3)4)50-60-54(57)47-43-39-34-32-30-28-26-24-22-20-18-16-14-12-10-8-6-2/h52-53H,5-51H2,1-4H3/t53-/m0/s1. The summed E-state index contributed by atoms with van der Waals surface area (Å²) in [5, 5.41) is 0. The van der Waals surface area contributed by atoms with E-state index in [1.807, 2.05) is 0 Å². The smallest absolute Gasteiger partial charge is 0.306 e. The second-order valence-corrected chi connectivity index (χ2v) is 19.7. The Morgan fingerprint density at radius 2 is 0.532 bits per heavy atom. The van der Waals surface area contributed by atoms with Crippen LogP contribution in [0.25, 0.3) is 0 Å². The third-order valence-corrected chi connectivity index (χ3v) is 12.8. The molecular formula is C56H108O6. The van der Waals surface area contributed by atoms with Gasteiger partial charge in [-0.2, -0.15) is 0 Å². The Morgan fingerprint density at radius 3 is 0.790 bits per heavy atom. The van der Waals surface area contributed by atoms with E-state index >= 15 is 0 Å². The zero-order valence-electron chi connectivity index (χ0n) is 42.3. The van der Waals surface area contributed by atoms with Crippen LogP contribution in [0.2, 0.25) is 0 Å². The molecule has 6 heteroatoms. The summed E-state index contributed by atoms with van der Waals surface area (Å²) in [6.07, 6.45) is 54.0. The number of hydrogen-bond acceptors (Lipinski definition) is 6. The van der Waals surface area contributed by atoms with Gasteiger partial charge in [-0.3, -0.25) is 14.4 Å². The molecule has 0 rings (SSSR count). The Kier molecular flexibility index (Phi) is 49.1. The van der Waals surface area contributed by atoms with Crippen LogP contribution in [0, 0.1) is 5.92 Å². The predicted octanol–water partition coefficient (Wildman–Crippen LogP) is 18.2. The fraction of sp³-hybridized carbons (Fsp3) is 0.946. The second-order valence-electron chi connectivity index (χ2n) is 19.7. The molecule has 0 N–H and O–H groups in total. The minimum absolute atomic E-state index is 0.0636. The van der Waals surface area contributed by atoms with E-state index in [0.29, 0.717) is 19.3 Å². The first-order chi connectivity index (χ1) is 30.4.